The Morgan fingerprint density at radius 3 is 2.84 bits per heavy atom. The molecule has 6 nitrogen and oxygen atoms in total. The van der Waals surface area contributed by atoms with Gasteiger partial charge in [0, 0.05) is 43.8 Å². The number of aromatic nitrogens is 5. The molecule has 0 aliphatic carbocycles. The van der Waals surface area contributed by atoms with Crippen LogP contribution in [0.1, 0.15) is 36.0 Å². The highest BCUT2D eigenvalue weighted by Crippen LogP contribution is 2.32. The molecule has 25 heavy (non-hydrogen) atoms. The van der Waals surface area contributed by atoms with Crippen molar-refractivity contribution in [3.05, 3.63) is 46.7 Å². The highest BCUT2D eigenvalue weighted by atomic mass is 32.1. The summed E-state index contributed by atoms with van der Waals surface area (Å²) in [7, 11) is 2.03. The summed E-state index contributed by atoms with van der Waals surface area (Å²) < 4.78 is 2.09. The molecule has 0 N–H and O–H groups in total. The van der Waals surface area contributed by atoms with Crippen molar-refractivity contribution in [3.63, 3.8) is 0 Å². The number of imidazole rings is 1. The molecule has 1 saturated heterocycles. The molecule has 130 valence electrons. The maximum atomic E-state index is 4.72. The number of thiazole rings is 1. The molecule has 1 aliphatic rings. The quantitative estimate of drug-likeness (QED) is 0.721. The molecule has 0 amide bonds. The minimum absolute atomic E-state index is 0.395. The van der Waals surface area contributed by atoms with Crippen LogP contribution in [0.5, 0.6) is 0 Å². The second kappa shape index (κ2) is 7.01. The minimum Gasteiger partial charge on any atom is -0.330 e. The Labute approximate surface area is 151 Å². The van der Waals surface area contributed by atoms with E-state index in [4.69, 9.17) is 4.98 Å². The molecular formula is C18H22N6S. The van der Waals surface area contributed by atoms with Crippen LogP contribution in [-0.2, 0) is 13.6 Å². The molecule has 0 saturated carbocycles. The molecular weight excluding hydrogens is 332 g/mol. The van der Waals surface area contributed by atoms with E-state index in [1.807, 2.05) is 25.7 Å². The summed E-state index contributed by atoms with van der Waals surface area (Å²) in [5.41, 5.74) is 6.16. The standard InChI is InChI=1S/C18H22N6S/c1-13-21-8-16(23(13)2)18-17(19-5-6-20-18)14-4-3-7-24(9-14)10-15-11-25-12-22-15/h5-6,8,11-12,14H,3-4,7,9-10H2,1-2H3/t14-/m0/s1. The van der Waals surface area contributed by atoms with Crippen LogP contribution in [0.3, 0.4) is 0 Å². The maximum absolute atomic E-state index is 4.72. The van der Waals surface area contributed by atoms with Crippen LogP contribution in [0.2, 0.25) is 0 Å². The first-order chi connectivity index (χ1) is 12.2. The lowest BCUT2D eigenvalue weighted by atomic mass is 9.92. The number of hydrogen-bond donors (Lipinski definition) is 0. The molecule has 0 aromatic carbocycles. The van der Waals surface area contributed by atoms with Crippen LogP contribution < -0.4 is 0 Å². The third kappa shape index (κ3) is 3.34. The van der Waals surface area contributed by atoms with Crippen molar-refractivity contribution < 1.29 is 0 Å². The first-order valence-corrected chi connectivity index (χ1v) is 9.55. The minimum atomic E-state index is 0.395. The average Bonchev–Trinajstić information content (AvgIpc) is 3.26. The predicted molar refractivity (Wildman–Crippen MR) is 98.3 cm³/mol. The molecule has 3 aromatic rings. The fourth-order valence-corrected chi connectivity index (χ4v) is 4.08. The topological polar surface area (TPSA) is 59.7 Å². The number of hydrogen-bond acceptors (Lipinski definition) is 6. The van der Waals surface area contributed by atoms with Crippen molar-refractivity contribution in [1.82, 2.24) is 29.4 Å². The molecule has 0 spiro atoms. The Bertz CT molecular complexity index is 841. The van der Waals surface area contributed by atoms with Gasteiger partial charge in [-0.05, 0) is 26.3 Å². The van der Waals surface area contributed by atoms with Gasteiger partial charge in [0.15, 0.2) is 0 Å². The van der Waals surface area contributed by atoms with E-state index in [0.29, 0.717) is 5.92 Å². The summed E-state index contributed by atoms with van der Waals surface area (Å²) >= 11 is 1.66. The average molecular weight is 354 g/mol. The Hall–Kier alpha value is -2.12. The zero-order valence-electron chi connectivity index (χ0n) is 14.6. The Morgan fingerprint density at radius 2 is 2.08 bits per heavy atom. The van der Waals surface area contributed by atoms with Crippen molar-refractivity contribution in [2.45, 2.75) is 32.2 Å². The molecule has 0 radical (unpaired) electrons. The third-order valence-corrected chi connectivity index (χ3v) is 5.59. The van der Waals surface area contributed by atoms with E-state index in [1.54, 1.807) is 23.7 Å². The first-order valence-electron chi connectivity index (χ1n) is 8.61. The van der Waals surface area contributed by atoms with Crippen molar-refractivity contribution >= 4 is 11.3 Å². The fourth-order valence-electron chi connectivity index (χ4n) is 3.53. The number of nitrogens with zero attached hydrogens (tertiary/aromatic N) is 6. The molecule has 0 bridgehead atoms. The van der Waals surface area contributed by atoms with Gasteiger partial charge >= 0.3 is 0 Å². The van der Waals surface area contributed by atoms with E-state index in [0.717, 1.165) is 54.7 Å². The second-order valence-electron chi connectivity index (χ2n) is 6.59. The second-order valence-corrected chi connectivity index (χ2v) is 7.31. The zero-order chi connectivity index (χ0) is 17.2. The smallest absolute Gasteiger partial charge is 0.110 e. The Balaban J connectivity index is 1.60. The third-order valence-electron chi connectivity index (χ3n) is 4.95. The van der Waals surface area contributed by atoms with E-state index in [2.05, 4.69) is 29.8 Å². The summed E-state index contributed by atoms with van der Waals surface area (Å²) in [6.07, 6.45) is 7.81. The predicted octanol–water partition coefficient (Wildman–Crippen LogP) is 3.02. The van der Waals surface area contributed by atoms with Crippen LogP contribution in [0, 0.1) is 6.92 Å². The number of aryl methyl sites for hydroxylation is 1. The molecule has 4 rings (SSSR count). The van der Waals surface area contributed by atoms with E-state index >= 15 is 0 Å². The van der Waals surface area contributed by atoms with E-state index < -0.39 is 0 Å². The number of rotatable bonds is 4. The SMILES string of the molecule is Cc1ncc(-c2nccnc2[C@H]2CCCN(Cc3cscn3)C2)n1C. The van der Waals surface area contributed by atoms with Crippen molar-refractivity contribution in [3.8, 4) is 11.4 Å². The van der Waals surface area contributed by atoms with Gasteiger partial charge in [0.2, 0.25) is 0 Å². The van der Waals surface area contributed by atoms with E-state index in [9.17, 15) is 0 Å². The molecule has 4 heterocycles. The Morgan fingerprint density at radius 1 is 1.20 bits per heavy atom. The van der Waals surface area contributed by atoms with Gasteiger partial charge in [-0.3, -0.25) is 14.9 Å². The van der Waals surface area contributed by atoms with Gasteiger partial charge in [-0.2, -0.15) is 0 Å². The monoisotopic (exact) mass is 354 g/mol. The highest BCUT2D eigenvalue weighted by molar-refractivity contribution is 7.07. The van der Waals surface area contributed by atoms with Crippen molar-refractivity contribution in [2.24, 2.45) is 7.05 Å². The van der Waals surface area contributed by atoms with Gasteiger partial charge < -0.3 is 4.57 Å². The van der Waals surface area contributed by atoms with Crippen LogP contribution >= 0.6 is 11.3 Å². The molecule has 0 unspecified atom stereocenters. The van der Waals surface area contributed by atoms with Crippen LogP contribution in [0.25, 0.3) is 11.4 Å². The van der Waals surface area contributed by atoms with Gasteiger partial charge in [-0.15, -0.1) is 11.3 Å². The lowest BCUT2D eigenvalue weighted by Crippen LogP contribution is -2.34. The number of piperidine rings is 1. The van der Waals surface area contributed by atoms with Gasteiger partial charge in [0.25, 0.3) is 0 Å². The van der Waals surface area contributed by atoms with Gasteiger partial charge in [-0.1, -0.05) is 0 Å². The molecule has 1 atom stereocenters. The molecule has 7 heteroatoms. The lowest BCUT2D eigenvalue weighted by molar-refractivity contribution is 0.197. The largest absolute Gasteiger partial charge is 0.330 e. The lowest BCUT2D eigenvalue weighted by Gasteiger charge is -2.32. The summed E-state index contributed by atoms with van der Waals surface area (Å²) in [5, 5.41) is 2.13. The zero-order valence-corrected chi connectivity index (χ0v) is 15.4. The molecule has 1 aliphatic heterocycles. The first kappa shape index (κ1) is 16.4. The summed E-state index contributed by atoms with van der Waals surface area (Å²) in [6.45, 7) is 5.05. The fraction of sp³-hybridized carbons (Fsp3) is 0.444. The van der Waals surface area contributed by atoms with Crippen molar-refractivity contribution in [1.29, 1.82) is 0 Å². The van der Waals surface area contributed by atoms with Gasteiger partial charge in [0.05, 0.1) is 28.8 Å². The summed E-state index contributed by atoms with van der Waals surface area (Å²) in [6, 6.07) is 0. The van der Waals surface area contributed by atoms with Gasteiger partial charge in [0.1, 0.15) is 11.5 Å². The molecule has 1 fully saturated rings. The normalized spacial score (nSPS) is 18.6. The van der Waals surface area contributed by atoms with Gasteiger partial charge in [-0.25, -0.2) is 9.97 Å². The van der Waals surface area contributed by atoms with Crippen LogP contribution in [0.4, 0.5) is 0 Å². The van der Waals surface area contributed by atoms with E-state index in [-0.39, 0.29) is 0 Å². The highest BCUT2D eigenvalue weighted by Gasteiger charge is 2.26. The van der Waals surface area contributed by atoms with Crippen LogP contribution in [-0.4, -0.2) is 42.5 Å². The van der Waals surface area contributed by atoms with Crippen LogP contribution in [0.15, 0.2) is 29.5 Å². The van der Waals surface area contributed by atoms with Crippen molar-refractivity contribution in [2.75, 3.05) is 13.1 Å². The van der Waals surface area contributed by atoms with E-state index in [1.165, 1.54) is 6.42 Å². The maximum Gasteiger partial charge on any atom is 0.110 e. The summed E-state index contributed by atoms with van der Waals surface area (Å²) in [4.78, 5) is 20.7. The summed E-state index contributed by atoms with van der Waals surface area (Å²) in [5.74, 6) is 1.38. The Kier molecular flexibility index (Phi) is 4.59. The molecule has 3 aromatic heterocycles. The number of likely N-dealkylation sites (tertiary alicyclic amines) is 1.